The summed E-state index contributed by atoms with van der Waals surface area (Å²) in [7, 11) is 0. The molecule has 0 amide bonds. The smallest absolute Gasteiger partial charge is 0.137 e. The third kappa shape index (κ3) is 9.79. The van der Waals surface area contributed by atoms with E-state index in [0.717, 1.165) is 10.7 Å². The lowest BCUT2D eigenvalue weighted by atomic mass is 10.3. The number of allylic oxidation sites excluding steroid dienone is 3. The number of hydrogen-bond donors (Lipinski definition) is 0. The van der Waals surface area contributed by atoms with E-state index in [4.69, 9.17) is 4.18 Å². The summed E-state index contributed by atoms with van der Waals surface area (Å²) in [6.45, 7) is 15.3. The maximum Gasteiger partial charge on any atom is 0.137 e. The Balaban J connectivity index is 0. The van der Waals surface area contributed by atoms with Gasteiger partial charge in [0.1, 0.15) is 5.75 Å². The lowest BCUT2D eigenvalue weighted by Crippen LogP contribution is -1.80. The standard InChI is InChI=1S/C12H12OS.2C2H6/c1-3-8-12(4-2)14-13-11-9-6-5-7-10-11;2*1-2/h3-10H,1-2H2;2*1-2H3/b12-8+;;. The Morgan fingerprint density at radius 1 is 1.06 bits per heavy atom. The summed E-state index contributed by atoms with van der Waals surface area (Å²) in [5, 5.41) is 0. The summed E-state index contributed by atoms with van der Waals surface area (Å²) in [5.41, 5.74) is 0. The van der Waals surface area contributed by atoms with Crippen molar-refractivity contribution in [2.24, 2.45) is 0 Å². The van der Waals surface area contributed by atoms with E-state index in [1.807, 2.05) is 64.1 Å². The zero-order valence-corrected chi connectivity index (χ0v) is 12.7. The number of hydrogen-bond acceptors (Lipinski definition) is 2. The molecule has 2 heteroatoms. The van der Waals surface area contributed by atoms with E-state index in [1.54, 1.807) is 12.2 Å². The lowest BCUT2D eigenvalue weighted by molar-refractivity contribution is 0.651. The summed E-state index contributed by atoms with van der Waals surface area (Å²) < 4.78 is 5.44. The van der Waals surface area contributed by atoms with Crippen LogP contribution in [0.5, 0.6) is 5.75 Å². The largest absolute Gasteiger partial charge is 0.421 e. The molecule has 0 aliphatic heterocycles. The summed E-state index contributed by atoms with van der Waals surface area (Å²) in [6.07, 6.45) is 5.29. The molecule has 0 aliphatic carbocycles. The van der Waals surface area contributed by atoms with Gasteiger partial charge in [-0.15, -0.1) is 0 Å². The van der Waals surface area contributed by atoms with Gasteiger partial charge < -0.3 is 4.18 Å². The molecule has 0 N–H and O–H groups in total. The minimum absolute atomic E-state index is 0.828. The molecule has 0 atom stereocenters. The molecule has 0 saturated carbocycles. The Bertz CT molecular complexity index is 328. The summed E-state index contributed by atoms with van der Waals surface area (Å²) in [6, 6.07) is 9.62. The Morgan fingerprint density at radius 2 is 1.61 bits per heavy atom. The average Bonchev–Trinajstić information content (AvgIpc) is 2.49. The first kappa shape index (κ1) is 18.9. The van der Waals surface area contributed by atoms with Crippen molar-refractivity contribution in [3.63, 3.8) is 0 Å². The van der Waals surface area contributed by atoms with Gasteiger partial charge in [0, 0.05) is 4.91 Å². The molecule has 0 heterocycles. The lowest BCUT2D eigenvalue weighted by Gasteiger charge is -2.02. The van der Waals surface area contributed by atoms with Crippen LogP contribution in [0.25, 0.3) is 0 Å². The molecule has 0 unspecified atom stereocenters. The molecular weight excluding hydrogens is 240 g/mol. The monoisotopic (exact) mass is 264 g/mol. The highest BCUT2D eigenvalue weighted by molar-refractivity contribution is 7.99. The van der Waals surface area contributed by atoms with Gasteiger partial charge in [0.05, 0.1) is 12.0 Å². The fourth-order valence-electron chi connectivity index (χ4n) is 0.818. The van der Waals surface area contributed by atoms with E-state index in [1.165, 1.54) is 12.0 Å². The molecular formula is C16H24OS. The highest BCUT2D eigenvalue weighted by atomic mass is 32.2. The zero-order chi connectivity index (χ0) is 14.2. The maximum atomic E-state index is 5.44. The van der Waals surface area contributed by atoms with Gasteiger partial charge in [-0.1, -0.05) is 71.2 Å². The molecule has 100 valence electrons. The van der Waals surface area contributed by atoms with Gasteiger partial charge in [0.2, 0.25) is 0 Å². The van der Waals surface area contributed by atoms with Gasteiger partial charge in [0.25, 0.3) is 0 Å². The molecule has 18 heavy (non-hydrogen) atoms. The van der Waals surface area contributed by atoms with Crippen LogP contribution in [-0.2, 0) is 0 Å². The van der Waals surface area contributed by atoms with E-state index in [2.05, 4.69) is 13.2 Å². The fourth-order valence-corrected chi connectivity index (χ4v) is 1.34. The van der Waals surface area contributed by atoms with E-state index in [9.17, 15) is 0 Å². The number of rotatable bonds is 5. The summed E-state index contributed by atoms with van der Waals surface area (Å²) in [5.74, 6) is 0.828. The van der Waals surface area contributed by atoms with Gasteiger partial charge in [-0.05, 0) is 18.2 Å². The third-order valence-corrected chi connectivity index (χ3v) is 2.23. The van der Waals surface area contributed by atoms with Crippen LogP contribution in [0.3, 0.4) is 0 Å². The molecule has 0 radical (unpaired) electrons. The maximum absolute atomic E-state index is 5.44. The Hall–Kier alpha value is -1.41. The molecule has 1 nitrogen and oxygen atoms in total. The van der Waals surface area contributed by atoms with Crippen LogP contribution >= 0.6 is 12.0 Å². The first-order valence-corrected chi connectivity index (χ1v) is 6.95. The molecule has 1 rings (SSSR count). The minimum atomic E-state index is 0.828. The molecule has 0 bridgehead atoms. The molecule has 0 aromatic heterocycles. The van der Waals surface area contributed by atoms with Crippen molar-refractivity contribution >= 4 is 12.0 Å². The second kappa shape index (κ2) is 15.6. The van der Waals surface area contributed by atoms with Gasteiger partial charge in [-0.2, -0.15) is 0 Å². The molecule has 0 aliphatic rings. The summed E-state index contributed by atoms with van der Waals surface area (Å²) >= 11 is 1.27. The van der Waals surface area contributed by atoms with E-state index in [0.29, 0.717) is 0 Å². The average molecular weight is 264 g/mol. The molecule has 1 aromatic rings. The summed E-state index contributed by atoms with van der Waals surface area (Å²) in [4.78, 5) is 0.934. The van der Waals surface area contributed by atoms with Crippen molar-refractivity contribution < 1.29 is 4.18 Å². The normalized spacial score (nSPS) is 9.00. The third-order valence-electron chi connectivity index (χ3n) is 1.46. The van der Waals surface area contributed by atoms with Crippen LogP contribution in [0.1, 0.15) is 27.7 Å². The van der Waals surface area contributed by atoms with Crippen LogP contribution in [0.15, 0.2) is 66.6 Å². The van der Waals surface area contributed by atoms with E-state index >= 15 is 0 Å². The highest BCUT2D eigenvalue weighted by Crippen LogP contribution is 2.22. The van der Waals surface area contributed by atoms with E-state index in [-0.39, 0.29) is 0 Å². The van der Waals surface area contributed by atoms with Gasteiger partial charge in [0.15, 0.2) is 0 Å². The van der Waals surface area contributed by atoms with Crippen LogP contribution < -0.4 is 4.18 Å². The second-order valence-electron chi connectivity index (χ2n) is 2.49. The Labute approximate surface area is 116 Å². The van der Waals surface area contributed by atoms with Gasteiger partial charge >= 0.3 is 0 Å². The molecule has 0 fully saturated rings. The SMILES string of the molecule is C=C/C=C(\C=C)SOc1ccccc1.CC.CC. The van der Waals surface area contributed by atoms with Crippen molar-refractivity contribution in [2.75, 3.05) is 0 Å². The van der Waals surface area contributed by atoms with E-state index < -0.39 is 0 Å². The Kier molecular flexibility index (Phi) is 16.4. The van der Waals surface area contributed by atoms with Crippen molar-refractivity contribution in [1.29, 1.82) is 0 Å². The number of benzene rings is 1. The van der Waals surface area contributed by atoms with Crippen LogP contribution in [0.2, 0.25) is 0 Å². The van der Waals surface area contributed by atoms with Gasteiger partial charge in [-0.25, -0.2) is 0 Å². The van der Waals surface area contributed by atoms with Crippen molar-refractivity contribution in [2.45, 2.75) is 27.7 Å². The van der Waals surface area contributed by atoms with Crippen LogP contribution in [-0.4, -0.2) is 0 Å². The first-order chi connectivity index (χ1) is 8.86. The molecule has 1 aromatic carbocycles. The van der Waals surface area contributed by atoms with Crippen LogP contribution in [0, 0.1) is 0 Å². The fraction of sp³-hybridized carbons (Fsp3) is 0.250. The first-order valence-electron chi connectivity index (χ1n) is 6.21. The number of para-hydroxylation sites is 1. The Morgan fingerprint density at radius 3 is 2.06 bits per heavy atom. The predicted molar refractivity (Wildman–Crippen MR) is 85.8 cm³/mol. The molecule has 0 saturated heterocycles. The van der Waals surface area contributed by atoms with Crippen molar-refractivity contribution in [3.05, 3.63) is 66.6 Å². The van der Waals surface area contributed by atoms with Crippen molar-refractivity contribution in [3.8, 4) is 5.75 Å². The minimum Gasteiger partial charge on any atom is -0.421 e. The second-order valence-corrected chi connectivity index (χ2v) is 3.29. The van der Waals surface area contributed by atoms with Crippen LogP contribution in [0.4, 0.5) is 0 Å². The zero-order valence-electron chi connectivity index (χ0n) is 11.8. The highest BCUT2D eigenvalue weighted by Gasteiger charge is 1.95. The quantitative estimate of drug-likeness (QED) is 0.475. The predicted octanol–water partition coefficient (Wildman–Crippen LogP) is 6.02. The van der Waals surface area contributed by atoms with Crippen molar-refractivity contribution in [1.82, 2.24) is 0 Å². The molecule has 0 spiro atoms. The van der Waals surface area contributed by atoms with Gasteiger partial charge in [-0.3, -0.25) is 0 Å². The topological polar surface area (TPSA) is 9.23 Å².